The van der Waals surface area contributed by atoms with Gasteiger partial charge in [0.1, 0.15) is 0 Å². The summed E-state index contributed by atoms with van der Waals surface area (Å²) in [7, 11) is -3.64. The molecule has 10 heteroatoms. The second-order valence-electron chi connectivity index (χ2n) is 7.11. The zero-order valence-corrected chi connectivity index (χ0v) is 20.6. The maximum atomic E-state index is 12.7. The number of nitrogens with zero attached hydrogens (tertiary/aromatic N) is 2. The highest BCUT2D eigenvalue weighted by atomic mass is 35.5. The zero-order chi connectivity index (χ0) is 23.9. The van der Waals surface area contributed by atoms with E-state index in [0.717, 1.165) is 10.6 Å². The van der Waals surface area contributed by atoms with Gasteiger partial charge in [0.25, 0.3) is 5.91 Å². The number of para-hydroxylation sites is 1. The maximum Gasteiger partial charge on any atom is 0.255 e. The van der Waals surface area contributed by atoms with Gasteiger partial charge >= 0.3 is 0 Å². The van der Waals surface area contributed by atoms with Gasteiger partial charge in [-0.05, 0) is 50.6 Å². The Morgan fingerprint density at radius 3 is 2.31 bits per heavy atom. The van der Waals surface area contributed by atoms with Crippen LogP contribution in [0.25, 0.3) is 0 Å². The molecular formula is C22H27Cl2N3O4S. The van der Waals surface area contributed by atoms with Crippen molar-refractivity contribution in [1.29, 1.82) is 0 Å². The van der Waals surface area contributed by atoms with Crippen molar-refractivity contribution in [3.05, 3.63) is 58.1 Å². The third kappa shape index (κ3) is 6.85. The molecule has 0 aliphatic heterocycles. The minimum Gasteiger partial charge on any atom is -0.339 e. The van der Waals surface area contributed by atoms with Gasteiger partial charge in [-0.1, -0.05) is 35.3 Å². The van der Waals surface area contributed by atoms with Crippen molar-refractivity contribution in [2.75, 3.05) is 35.5 Å². The largest absolute Gasteiger partial charge is 0.339 e. The standard InChI is InChI=1S/C22H27Cl2N3O4S/c1-4-26(5-2)22(29)17-9-6-7-10-19(17)25-21(28)11-8-14-27(32(3,30)31)20-15-16(23)12-13-18(20)24/h6-7,9-10,12-13,15H,4-5,8,11,14H2,1-3H3,(H,25,28). The molecule has 0 saturated heterocycles. The van der Waals surface area contributed by atoms with Gasteiger partial charge in [0, 0.05) is 31.1 Å². The summed E-state index contributed by atoms with van der Waals surface area (Å²) in [6.45, 7) is 4.95. The molecule has 32 heavy (non-hydrogen) atoms. The van der Waals surface area contributed by atoms with Crippen LogP contribution in [0.3, 0.4) is 0 Å². The van der Waals surface area contributed by atoms with Crippen molar-refractivity contribution >= 4 is 56.4 Å². The molecular weight excluding hydrogens is 473 g/mol. The van der Waals surface area contributed by atoms with E-state index in [4.69, 9.17) is 23.2 Å². The smallest absolute Gasteiger partial charge is 0.255 e. The number of rotatable bonds is 10. The zero-order valence-electron chi connectivity index (χ0n) is 18.3. The van der Waals surface area contributed by atoms with E-state index in [1.54, 1.807) is 35.2 Å². The molecule has 2 amide bonds. The fourth-order valence-electron chi connectivity index (χ4n) is 3.20. The topological polar surface area (TPSA) is 86.8 Å². The maximum absolute atomic E-state index is 12.7. The molecule has 0 unspecified atom stereocenters. The number of sulfonamides is 1. The molecule has 0 radical (unpaired) electrons. The number of benzene rings is 2. The third-order valence-electron chi connectivity index (χ3n) is 4.82. The second-order valence-corrected chi connectivity index (χ2v) is 9.86. The lowest BCUT2D eigenvalue weighted by atomic mass is 10.1. The number of amides is 2. The van der Waals surface area contributed by atoms with Gasteiger partial charge in [-0.15, -0.1) is 0 Å². The minimum atomic E-state index is -3.64. The Morgan fingerprint density at radius 1 is 1.03 bits per heavy atom. The van der Waals surface area contributed by atoms with E-state index < -0.39 is 10.0 Å². The highest BCUT2D eigenvalue weighted by molar-refractivity contribution is 7.92. The summed E-state index contributed by atoms with van der Waals surface area (Å²) in [4.78, 5) is 26.9. The number of carbonyl (C=O) groups is 2. The van der Waals surface area contributed by atoms with Gasteiger partial charge in [0.15, 0.2) is 0 Å². The number of halogens is 2. The first-order valence-electron chi connectivity index (χ1n) is 10.2. The van der Waals surface area contributed by atoms with Crippen molar-refractivity contribution in [3.8, 4) is 0 Å². The highest BCUT2D eigenvalue weighted by Crippen LogP contribution is 2.31. The Balaban J connectivity index is 2.08. The Kier molecular flexibility index (Phi) is 9.36. The lowest BCUT2D eigenvalue weighted by Gasteiger charge is -2.23. The Labute approximate surface area is 199 Å². The molecule has 0 aromatic heterocycles. The Morgan fingerprint density at radius 2 is 1.69 bits per heavy atom. The molecule has 0 heterocycles. The fourth-order valence-corrected chi connectivity index (χ4v) is 4.60. The summed E-state index contributed by atoms with van der Waals surface area (Å²) in [5, 5.41) is 3.36. The van der Waals surface area contributed by atoms with E-state index in [0.29, 0.717) is 29.4 Å². The number of carbonyl (C=O) groups excluding carboxylic acids is 2. The van der Waals surface area contributed by atoms with Gasteiger partial charge in [-0.2, -0.15) is 0 Å². The van der Waals surface area contributed by atoms with Crippen LogP contribution >= 0.6 is 23.2 Å². The molecule has 1 N–H and O–H groups in total. The second kappa shape index (κ2) is 11.5. The van der Waals surface area contributed by atoms with Crippen LogP contribution in [0.5, 0.6) is 0 Å². The van der Waals surface area contributed by atoms with Gasteiger partial charge in [0.05, 0.1) is 28.2 Å². The first kappa shape index (κ1) is 26.0. The van der Waals surface area contributed by atoms with Crippen molar-refractivity contribution in [1.82, 2.24) is 4.90 Å². The molecule has 0 aliphatic carbocycles. The van der Waals surface area contributed by atoms with E-state index in [1.807, 2.05) is 13.8 Å². The lowest BCUT2D eigenvalue weighted by molar-refractivity contribution is -0.116. The number of hydrogen-bond donors (Lipinski definition) is 1. The summed E-state index contributed by atoms with van der Waals surface area (Å²) in [5.74, 6) is -0.486. The Hall–Kier alpha value is -2.29. The van der Waals surface area contributed by atoms with Crippen LogP contribution in [0.2, 0.25) is 10.0 Å². The minimum absolute atomic E-state index is 0.0480. The molecule has 0 fully saturated rings. The van der Waals surface area contributed by atoms with Crippen LogP contribution in [-0.2, 0) is 14.8 Å². The average Bonchev–Trinajstić information content (AvgIpc) is 2.73. The monoisotopic (exact) mass is 499 g/mol. The number of nitrogens with one attached hydrogen (secondary N) is 1. The van der Waals surface area contributed by atoms with Gasteiger partial charge in [0.2, 0.25) is 15.9 Å². The highest BCUT2D eigenvalue weighted by Gasteiger charge is 2.21. The molecule has 0 bridgehead atoms. The van der Waals surface area contributed by atoms with Gasteiger partial charge in [-0.3, -0.25) is 13.9 Å². The van der Waals surface area contributed by atoms with Crippen molar-refractivity contribution in [2.45, 2.75) is 26.7 Å². The van der Waals surface area contributed by atoms with Crippen molar-refractivity contribution in [3.63, 3.8) is 0 Å². The van der Waals surface area contributed by atoms with Crippen LogP contribution < -0.4 is 9.62 Å². The van der Waals surface area contributed by atoms with Gasteiger partial charge in [-0.25, -0.2) is 8.42 Å². The average molecular weight is 500 g/mol. The molecule has 7 nitrogen and oxygen atoms in total. The van der Waals surface area contributed by atoms with Crippen LogP contribution in [-0.4, -0.2) is 51.0 Å². The van der Waals surface area contributed by atoms with Crippen molar-refractivity contribution < 1.29 is 18.0 Å². The normalized spacial score (nSPS) is 11.2. The predicted molar refractivity (Wildman–Crippen MR) is 130 cm³/mol. The summed E-state index contributed by atoms with van der Waals surface area (Å²) in [6.07, 6.45) is 1.37. The molecule has 174 valence electrons. The van der Waals surface area contributed by atoms with Gasteiger partial charge < -0.3 is 10.2 Å². The fraction of sp³-hybridized carbons (Fsp3) is 0.364. The molecule has 2 aromatic rings. The van der Waals surface area contributed by atoms with Crippen LogP contribution in [0, 0.1) is 0 Å². The van der Waals surface area contributed by atoms with Crippen LogP contribution in [0.1, 0.15) is 37.0 Å². The molecule has 2 rings (SSSR count). The third-order valence-corrected chi connectivity index (χ3v) is 6.56. The SMILES string of the molecule is CCN(CC)C(=O)c1ccccc1NC(=O)CCCN(c1cc(Cl)ccc1Cl)S(C)(=O)=O. The van der Waals surface area contributed by atoms with E-state index in [-0.39, 0.29) is 41.9 Å². The molecule has 0 spiro atoms. The van der Waals surface area contributed by atoms with E-state index >= 15 is 0 Å². The predicted octanol–water partition coefficient (Wildman–Crippen LogP) is 4.66. The Bertz CT molecular complexity index is 1070. The summed E-state index contributed by atoms with van der Waals surface area (Å²) >= 11 is 12.2. The first-order valence-corrected chi connectivity index (χ1v) is 12.8. The lowest BCUT2D eigenvalue weighted by Crippen LogP contribution is -2.32. The number of hydrogen-bond acceptors (Lipinski definition) is 4. The summed E-state index contributed by atoms with van der Waals surface area (Å²) in [5.41, 5.74) is 1.09. The molecule has 2 aromatic carbocycles. The van der Waals surface area contributed by atoms with E-state index in [1.165, 1.54) is 12.1 Å². The molecule has 0 aliphatic rings. The molecule has 0 saturated carbocycles. The summed E-state index contributed by atoms with van der Waals surface area (Å²) < 4.78 is 25.7. The van der Waals surface area contributed by atoms with Crippen LogP contribution in [0.4, 0.5) is 11.4 Å². The van der Waals surface area contributed by atoms with E-state index in [2.05, 4.69) is 5.32 Å². The van der Waals surface area contributed by atoms with Crippen molar-refractivity contribution in [2.24, 2.45) is 0 Å². The quantitative estimate of drug-likeness (QED) is 0.514. The first-order chi connectivity index (χ1) is 15.1. The van der Waals surface area contributed by atoms with E-state index in [9.17, 15) is 18.0 Å². The van der Waals surface area contributed by atoms with Crippen LogP contribution in [0.15, 0.2) is 42.5 Å². The molecule has 0 atom stereocenters. The number of anilines is 2. The summed E-state index contributed by atoms with van der Waals surface area (Å²) in [6, 6.07) is 11.4.